The summed E-state index contributed by atoms with van der Waals surface area (Å²) in [5.41, 5.74) is 6.32. The van der Waals surface area contributed by atoms with Gasteiger partial charge in [-0.15, -0.1) is 0 Å². The van der Waals surface area contributed by atoms with Crippen LogP contribution in [0.25, 0.3) is 11.0 Å². The Morgan fingerprint density at radius 2 is 1.88 bits per heavy atom. The second kappa shape index (κ2) is 5.31. The highest BCUT2D eigenvalue weighted by molar-refractivity contribution is 6.00. The Labute approximate surface area is 146 Å². The first kappa shape index (κ1) is 14.5. The van der Waals surface area contributed by atoms with Crippen LogP contribution < -0.4 is 5.32 Å². The number of rotatable bonds is 1. The van der Waals surface area contributed by atoms with E-state index in [1.165, 1.54) is 5.56 Å². The van der Waals surface area contributed by atoms with E-state index in [2.05, 4.69) is 47.1 Å². The zero-order chi connectivity index (χ0) is 17.0. The summed E-state index contributed by atoms with van der Waals surface area (Å²) in [4.78, 5) is 17.6. The quantitative estimate of drug-likeness (QED) is 0.721. The van der Waals surface area contributed by atoms with Gasteiger partial charge in [0, 0.05) is 17.7 Å². The van der Waals surface area contributed by atoms with Gasteiger partial charge in [0.15, 0.2) is 5.78 Å². The lowest BCUT2D eigenvalue weighted by atomic mass is 9.85. The summed E-state index contributed by atoms with van der Waals surface area (Å²) >= 11 is 0. The molecular weight excluding hydrogens is 310 g/mol. The normalized spacial score (nSPS) is 19.6. The number of aryl methyl sites for hydroxylation is 1. The highest BCUT2D eigenvalue weighted by atomic mass is 16.1. The number of ketones is 1. The molecule has 1 aliphatic carbocycles. The number of aromatic nitrogens is 2. The number of allylic oxidation sites excluding steroid dienone is 2. The molecule has 0 amide bonds. The first-order valence-corrected chi connectivity index (χ1v) is 8.79. The van der Waals surface area contributed by atoms with Crippen LogP contribution in [0, 0.1) is 6.92 Å². The van der Waals surface area contributed by atoms with Crippen molar-refractivity contribution in [1.82, 2.24) is 9.55 Å². The maximum Gasteiger partial charge on any atom is 0.209 e. The standard InChI is InChI=1S/C21H19N3O/c1-13-9-11-14(12-10-13)20-19-16(6-4-8-18(19)25)23-21-22-15-5-2-3-7-17(15)24(20)21/h2-3,5,7,9-12,20H,4,6,8H2,1H3,(H,22,23)/t20-/m1/s1. The van der Waals surface area contributed by atoms with E-state index >= 15 is 0 Å². The van der Waals surface area contributed by atoms with E-state index < -0.39 is 0 Å². The maximum atomic E-state index is 12.8. The second-order valence-corrected chi connectivity index (χ2v) is 6.90. The third kappa shape index (κ3) is 2.14. The van der Waals surface area contributed by atoms with Crippen molar-refractivity contribution in [2.24, 2.45) is 0 Å². The summed E-state index contributed by atoms with van der Waals surface area (Å²) < 4.78 is 2.18. The highest BCUT2D eigenvalue weighted by Crippen LogP contribution is 2.42. The van der Waals surface area contributed by atoms with Crippen LogP contribution in [0.4, 0.5) is 5.95 Å². The number of nitrogens with one attached hydrogen (secondary N) is 1. The number of carbonyl (C=O) groups is 1. The van der Waals surface area contributed by atoms with Crippen LogP contribution in [0.15, 0.2) is 59.8 Å². The number of Topliss-reactive ketones (excluding diaryl/α,β-unsaturated/α-hetero) is 1. The zero-order valence-electron chi connectivity index (χ0n) is 14.1. The van der Waals surface area contributed by atoms with Crippen molar-refractivity contribution in [2.75, 3.05) is 5.32 Å². The van der Waals surface area contributed by atoms with Gasteiger partial charge in [-0.2, -0.15) is 0 Å². The largest absolute Gasteiger partial charge is 0.329 e. The van der Waals surface area contributed by atoms with Crippen molar-refractivity contribution in [3.8, 4) is 0 Å². The van der Waals surface area contributed by atoms with E-state index in [1.54, 1.807) is 0 Å². The molecule has 1 aromatic heterocycles. The van der Waals surface area contributed by atoms with Crippen LogP contribution in [-0.2, 0) is 4.79 Å². The summed E-state index contributed by atoms with van der Waals surface area (Å²) in [5, 5.41) is 3.44. The molecule has 1 atom stereocenters. The summed E-state index contributed by atoms with van der Waals surface area (Å²) in [6.45, 7) is 2.08. The van der Waals surface area contributed by atoms with Gasteiger partial charge in [0.05, 0.1) is 17.1 Å². The molecule has 0 saturated carbocycles. The number of para-hydroxylation sites is 2. The van der Waals surface area contributed by atoms with E-state index in [-0.39, 0.29) is 11.8 Å². The van der Waals surface area contributed by atoms with Gasteiger partial charge in [0.2, 0.25) is 5.95 Å². The van der Waals surface area contributed by atoms with E-state index in [0.29, 0.717) is 6.42 Å². The molecule has 0 unspecified atom stereocenters. The van der Waals surface area contributed by atoms with Crippen LogP contribution in [-0.4, -0.2) is 15.3 Å². The lowest BCUT2D eigenvalue weighted by Gasteiger charge is -2.33. The van der Waals surface area contributed by atoms with Gasteiger partial charge in [-0.05, 0) is 37.5 Å². The molecule has 1 aliphatic heterocycles. The van der Waals surface area contributed by atoms with Crippen molar-refractivity contribution < 1.29 is 4.79 Å². The molecule has 2 heterocycles. The monoisotopic (exact) mass is 329 g/mol. The average molecular weight is 329 g/mol. The molecule has 0 bridgehead atoms. The van der Waals surface area contributed by atoms with Crippen LogP contribution in [0.1, 0.15) is 36.4 Å². The lowest BCUT2D eigenvalue weighted by molar-refractivity contribution is -0.116. The van der Waals surface area contributed by atoms with Crippen LogP contribution in [0.2, 0.25) is 0 Å². The summed E-state index contributed by atoms with van der Waals surface area (Å²) in [6, 6.07) is 16.5. The first-order chi connectivity index (χ1) is 12.2. The van der Waals surface area contributed by atoms with Crippen molar-refractivity contribution >= 4 is 22.8 Å². The van der Waals surface area contributed by atoms with Crippen molar-refractivity contribution in [1.29, 1.82) is 0 Å². The minimum atomic E-state index is -0.105. The number of hydrogen-bond acceptors (Lipinski definition) is 3. The second-order valence-electron chi connectivity index (χ2n) is 6.90. The minimum absolute atomic E-state index is 0.105. The van der Waals surface area contributed by atoms with E-state index in [0.717, 1.165) is 46.7 Å². The molecule has 5 rings (SSSR count). The van der Waals surface area contributed by atoms with E-state index in [4.69, 9.17) is 4.98 Å². The Kier molecular flexibility index (Phi) is 3.07. The first-order valence-electron chi connectivity index (χ1n) is 8.79. The third-order valence-electron chi connectivity index (χ3n) is 5.24. The predicted molar refractivity (Wildman–Crippen MR) is 98.6 cm³/mol. The van der Waals surface area contributed by atoms with Gasteiger partial charge in [0.25, 0.3) is 0 Å². The van der Waals surface area contributed by atoms with Gasteiger partial charge in [0.1, 0.15) is 0 Å². The Bertz CT molecular complexity index is 1030. The molecule has 25 heavy (non-hydrogen) atoms. The molecule has 124 valence electrons. The van der Waals surface area contributed by atoms with Gasteiger partial charge in [-0.3, -0.25) is 9.36 Å². The third-order valence-corrected chi connectivity index (χ3v) is 5.24. The van der Waals surface area contributed by atoms with Crippen LogP contribution >= 0.6 is 0 Å². The lowest BCUT2D eigenvalue weighted by Crippen LogP contribution is -2.30. The molecule has 2 aromatic carbocycles. The molecule has 4 nitrogen and oxygen atoms in total. The van der Waals surface area contributed by atoms with Gasteiger partial charge >= 0.3 is 0 Å². The summed E-state index contributed by atoms with van der Waals surface area (Å²) in [5.74, 6) is 1.09. The fourth-order valence-electron chi connectivity index (χ4n) is 4.03. The smallest absolute Gasteiger partial charge is 0.209 e. The van der Waals surface area contributed by atoms with Crippen LogP contribution in [0.5, 0.6) is 0 Å². The fraction of sp³-hybridized carbons (Fsp3) is 0.238. The minimum Gasteiger partial charge on any atom is -0.329 e. The fourth-order valence-corrected chi connectivity index (χ4v) is 4.03. The topological polar surface area (TPSA) is 46.9 Å². The number of anilines is 1. The van der Waals surface area contributed by atoms with Gasteiger partial charge in [-0.1, -0.05) is 42.0 Å². The maximum absolute atomic E-state index is 12.8. The van der Waals surface area contributed by atoms with Crippen molar-refractivity contribution in [3.05, 3.63) is 70.9 Å². The Hall–Kier alpha value is -2.88. The molecular formula is C21H19N3O. The molecule has 3 aromatic rings. The molecule has 0 radical (unpaired) electrons. The number of fused-ring (bicyclic) bond motifs is 3. The summed E-state index contributed by atoms with van der Waals surface area (Å²) in [7, 11) is 0. The summed E-state index contributed by atoms with van der Waals surface area (Å²) in [6.07, 6.45) is 2.45. The average Bonchev–Trinajstić information content (AvgIpc) is 2.99. The van der Waals surface area contributed by atoms with E-state index in [1.807, 2.05) is 18.2 Å². The Morgan fingerprint density at radius 3 is 2.72 bits per heavy atom. The number of carbonyl (C=O) groups excluding carboxylic acids is 1. The van der Waals surface area contributed by atoms with Crippen molar-refractivity contribution in [2.45, 2.75) is 32.2 Å². The number of hydrogen-bond donors (Lipinski definition) is 1. The van der Waals surface area contributed by atoms with Crippen LogP contribution in [0.3, 0.4) is 0 Å². The molecule has 0 fully saturated rings. The number of imidazole rings is 1. The van der Waals surface area contributed by atoms with E-state index in [9.17, 15) is 4.79 Å². The molecule has 0 saturated heterocycles. The van der Waals surface area contributed by atoms with Gasteiger partial charge in [-0.25, -0.2) is 4.98 Å². The molecule has 2 aliphatic rings. The Morgan fingerprint density at radius 1 is 1.08 bits per heavy atom. The van der Waals surface area contributed by atoms with Gasteiger partial charge < -0.3 is 5.32 Å². The Balaban J connectivity index is 1.81. The molecule has 1 N–H and O–H groups in total. The highest BCUT2D eigenvalue weighted by Gasteiger charge is 2.36. The molecule has 4 heteroatoms. The predicted octanol–water partition coefficient (Wildman–Crippen LogP) is 4.37. The van der Waals surface area contributed by atoms with Crippen molar-refractivity contribution in [3.63, 3.8) is 0 Å². The zero-order valence-corrected chi connectivity index (χ0v) is 14.1. The number of benzene rings is 2. The molecule has 0 spiro atoms. The SMILES string of the molecule is Cc1ccc([C@@H]2C3=C(CCCC3=O)Nc3nc4ccccc4n32)cc1. The number of nitrogens with zero attached hydrogens (tertiary/aromatic N) is 2.